The van der Waals surface area contributed by atoms with E-state index in [2.05, 4.69) is 27.9 Å². The van der Waals surface area contributed by atoms with Gasteiger partial charge in [-0.1, -0.05) is 18.2 Å². The highest BCUT2D eigenvalue weighted by molar-refractivity contribution is 5.99. The van der Waals surface area contributed by atoms with Crippen molar-refractivity contribution < 1.29 is 5.21 Å². The maximum absolute atomic E-state index is 9.17. The summed E-state index contributed by atoms with van der Waals surface area (Å²) in [6.07, 6.45) is 3.50. The van der Waals surface area contributed by atoms with E-state index in [-0.39, 0.29) is 0 Å². The average molecular weight is 245 g/mol. The monoisotopic (exact) mass is 245 g/mol. The second-order valence-corrected chi connectivity index (χ2v) is 5.22. The maximum Gasteiger partial charge on any atom is 0.152 e. The molecule has 4 heteroatoms. The lowest BCUT2D eigenvalue weighted by Gasteiger charge is -2.23. The first kappa shape index (κ1) is 11.7. The highest BCUT2D eigenvalue weighted by atomic mass is 16.5. The predicted molar refractivity (Wildman–Crippen MR) is 71.3 cm³/mol. The first-order chi connectivity index (χ1) is 8.80. The average Bonchev–Trinajstić information content (AvgIpc) is 3.02. The van der Waals surface area contributed by atoms with E-state index in [9.17, 15) is 5.21 Å². The molecule has 1 fully saturated rings. The van der Waals surface area contributed by atoms with Gasteiger partial charge in [-0.05, 0) is 36.9 Å². The van der Waals surface area contributed by atoms with Gasteiger partial charge in [0.15, 0.2) is 5.84 Å². The molecule has 0 aromatic heterocycles. The van der Waals surface area contributed by atoms with Gasteiger partial charge in [0.05, 0.1) is 0 Å². The fraction of sp³-hybridized carbons (Fsp3) is 0.500. The van der Waals surface area contributed by atoms with Crippen LogP contribution in [-0.2, 0) is 11.8 Å². The minimum atomic E-state index is 0.319. The van der Waals surface area contributed by atoms with Crippen molar-refractivity contribution in [2.75, 3.05) is 20.1 Å². The quantitative estimate of drug-likeness (QED) is 0.396. The van der Waals surface area contributed by atoms with Crippen LogP contribution in [0.4, 0.5) is 0 Å². The van der Waals surface area contributed by atoms with Crippen molar-refractivity contribution in [3.8, 4) is 0 Å². The summed E-state index contributed by atoms with van der Waals surface area (Å²) in [5.74, 6) is 0.565. The van der Waals surface area contributed by atoms with Gasteiger partial charge in [-0.3, -0.25) is 15.7 Å². The SMILES string of the molecule is CN=C(NO)c1cccc2c1CCC21CCNC1. The van der Waals surface area contributed by atoms with Crippen LogP contribution in [-0.4, -0.2) is 31.2 Å². The van der Waals surface area contributed by atoms with Crippen molar-refractivity contribution in [2.24, 2.45) is 4.99 Å². The maximum atomic E-state index is 9.17. The molecule has 0 bridgehead atoms. The van der Waals surface area contributed by atoms with Crippen LogP contribution >= 0.6 is 0 Å². The van der Waals surface area contributed by atoms with Gasteiger partial charge in [-0.2, -0.15) is 0 Å². The number of amidine groups is 1. The number of nitrogens with zero attached hydrogens (tertiary/aromatic N) is 1. The van der Waals surface area contributed by atoms with Crippen molar-refractivity contribution in [1.82, 2.24) is 10.8 Å². The molecule has 1 heterocycles. The number of fused-ring (bicyclic) bond motifs is 2. The van der Waals surface area contributed by atoms with Gasteiger partial charge in [0.25, 0.3) is 0 Å². The van der Waals surface area contributed by atoms with E-state index >= 15 is 0 Å². The van der Waals surface area contributed by atoms with Gasteiger partial charge in [-0.15, -0.1) is 0 Å². The molecule has 1 aliphatic heterocycles. The molecule has 18 heavy (non-hydrogen) atoms. The number of benzene rings is 1. The Morgan fingerprint density at radius 2 is 2.33 bits per heavy atom. The van der Waals surface area contributed by atoms with Crippen LogP contribution in [0.1, 0.15) is 29.5 Å². The van der Waals surface area contributed by atoms with Crippen molar-refractivity contribution in [2.45, 2.75) is 24.7 Å². The molecule has 96 valence electrons. The fourth-order valence-corrected chi connectivity index (χ4v) is 3.49. The zero-order valence-corrected chi connectivity index (χ0v) is 10.7. The molecule has 1 atom stereocenters. The third-order valence-corrected chi connectivity index (χ3v) is 4.43. The second-order valence-electron chi connectivity index (χ2n) is 5.22. The van der Waals surface area contributed by atoms with Crippen molar-refractivity contribution in [3.05, 3.63) is 34.9 Å². The van der Waals surface area contributed by atoms with E-state index in [4.69, 9.17) is 0 Å². The van der Waals surface area contributed by atoms with Crippen LogP contribution in [0.15, 0.2) is 23.2 Å². The molecule has 1 aromatic rings. The van der Waals surface area contributed by atoms with E-state index in [1.54, 1.807) is 7.05 Å². The largest absolute Gasteiger partial charge is 0.316 e. The van der Waals surface area contributed by atoms with Crippen LogP contribution in [0, 0.1) is 0 Å². The Hall–Kier alpha value is -1.39. The van der Waals surface area contributed by atoms with Gasteiger partial charge in [0.2, 0.25) is 0 Å². The van der Waals surface area contributed by atoms with E-state index in [0.717, 1.165) is 25.1 Å². The molecule has 4 nitrogen and oxygen atoms in total. The zero-order chi connectivity index (χ0) is 12.6. The minimum Gasteiger partial charge on any atom is -0.316 e. The van der Waals surface area contributed by atoms with Crippen LogP contribution in [0.25, 0.3) is 0 Å². The van der Waals surface area contributed by atoms with Gasteiger partial charge < -0.3 is 5.32 Å². The molecule has 2 aliphatic rings. The molecule has 1 spiro atoms. The Balaban J connectivity index is 2.09. The molecule has 0 radical (unpaired) electrons. The topological polar surface area (TPSA) is 56.7 Å². The van der Waals surface area contributed by atoms with E-state index < -0.39 is 0 Å². The van der Waals surface area contributed by atoms with Gasteiger partial charge in [0.1, 0.15) is 0 Å². The standard InChI is InChI=1S/C14H19N3O/c1-15-13(17-18)11-3-2-4-12-10(11)5-6-14(12)7-8-16-9-14/h2-4,16,18H,5-9H2,1H3,(H,15,17). The smallest absolute Gasteiger partial charge is 0.152 e. The third kappa shape index (κ3) is 1.56. The molecule has 3 N–H and O–H groups in total. The summed E-state index contributed by atoms with van der Waals surface area (Å²) in [6, 6.07) is 6.34. The summed E-state index contributed by atoms with van der Waals surface area (Å²) in [6.45, 7) is 2.19. The molecule has 1 saturated heterocycles. The second kappa shape index (κ2) is 4.37. The van der Waals surface area contributed by atoms with Crippen molar-refractivity contribution in [1.29, 1.82) is 0 Å². The summed E-state index contributed by atoms with van der Waals surface area (Å²) in [4.78, 5) is 4.11. The van der Waals surface area contributed by atoms with Crippen LogP contribution in [0.5, 0.6) is 0 Å². The molecule has 1 aliphatic carbocycles. The van der Waals surface area contributed by atoms with Crippen LogP contribution in [0.3, 0.4) is 0 Å². The summed E-state index contributed by atoms with van der Waals surface area (Å²) in [7, 11) is 1.69. The molecule has 0 amide bonds. The van der Waals surface area contributed by atoms with E-state index in [1.165, 1.54) is 24.0 Å². The normalized spacial score (nSPS) is 26.7. The van der Waals surface area contributed by atoms with Gasteiger partial charge in [0, 0.05) is 24.6 Å². The molecule has 1 aromatic carbocycles. The molecule has 0 saturated carbocycles. The Morgan fingerprint density at radius 1 is 1.44 bits per heavy atom. The molecule has 3 rings (SSSR count). The highest BCUT2D eigenvalue weighted by Crippen LogP contribution is 2.44. The van der Waals surface area contributed by atoms with Gasteiger partial charge in [-0.25, -0.2) is 0 Å². The lowest BCUT2D eigenvalue weighted by molar-refractivity contribution is 0.235. The van der Waals surface area contributed by atoms with Crippen LogP contribution < -0.4 is 10.8 Å². The number of hydrogen-bond donors (Lipinski definition) is 3. The van der Waals surface area contributed by atoms with Crippen LogP contribution in [0.2, 0.25) is 0 Å². The summed E-state index contributed by atoms with van der Waals surface area (Å²) >= 11 is 0. The zero-order valence-electron chi connectivity index (χ0n) is 10.7. The Kier molecular flexibility index (Phi) is 2.84. The Morgan fingerprint density at radius 3 is 3.00 bits per heavy atom. The number of rotatable bonds is 1. The van der Waals surface area contributed by atoms with E-state index in [1.807, 2.05) is 6.07 Å². The third-order valence-electron chi connectivity index (χ3n) is 4.43. The fourth-order valence-electron chi connectivity index (χ4n) is 3.49. The summed E-state index contributed by atoms with van der Waals surface area (Å²) in [5, 5.41) is 12.7. The first-order valence-corrected chi connectivity index (χ1v) is 6.51. The molecular formula is C14H19N3O. The number of hydroxylamine groups is 1. The number of hydrogen-bond acceptors (Lipinski definition) is 3. The lowest BCUT2D eigenvalue weighted by atomic mass is 9.81. The van der Waals surface area contributed by atoms with Crippen molar-refractivity contribution in [3.63, 3.8) is 0 Å². The molecular weight excluding hydrogens is 226 g/mol. The Labute approximate surface area is 107 Å². The lowest BCUT2D eigenvalue weighted by Crippen LogP contribution is -2.26. The molecule has 1 unspecified atom stereocenters. The summed E-state index contributed by atoms with van der Waals surface area (Å²) in [5.41, 5.74) is 6.37. The Bertz CT molecular complexity index is 490. The van der Waals surface area contributed by atoms with Gasteiger partial charge >= 0.3 is 0 Å². The minimum absolute atomic E-state index is 0.319. The predicted octanol–water partition coefficient (Wildman–Crippen LogP) is 1.22. The highest BCUT2D eigenvalue weighted by Gasteiger charge is 2.41. The first-order valence-electron chi connectivity index (χ1n) is 6.51. The number of nitrogens with one attached hydrogen (secondary N) is 2. The van der Waals surface area contributed by atoms with Crippen molar-refractivity contribution >= 4 is 5.84 Å². The number of aliphatic imine (C=N–C) groups is 1. The van der Waals surface area contributed by atoms with E-state index in [0.29, 0.717) is 11.3 Å². The summed E-state index contributed by atoms with van der Waals surface area (Å²) < 4.78 is 0.